The van der Waals surface area contributed by atoms with Gasteiger partial charge >= 0.3 is 0 Å². The van der Waals surface area contributed by atoms with Crippen LogP contribution in [-0.4, -0.2) is 4.98 Å². The summed E-state index contributed by atoms with van der Waals surface area (Å²) in [5, 5.41) is 0. The summed E-state index contributed by atoms with van der Waals surface area (Å²) in [4.78, 5) is 6.19. The summed E-state index contributed by atoms with van der Waals surface area (Å²) in [7, 11) is 0. The zero-order valence-electron chi connectivity index (χ0n) is 24.0. The Bertz CT molecular complexity index is 1750. The highest BCUT2D eigenvalue weighted by atomic mass is 19.1. The summed E-state index contributed by atoms with van der Waals surface area (Å²) in [5.41, 5.74) is 8.30. The zero-order valence-corrected chi connectivity index (χ0v) is 24.0. The van der Waals surface area contributed by atoms with E-state index in [0.717, 1.165) is 34.3 Å². The maximum Gasteiger partial charge on any atom is 0.139 e. The number of aromatic nitrogens is 1. The number of pyridine rings is 1. The Morgan fingerprint density at radius 3 is 1.64 bits per heavy atom. The van der Waals surface area contributed by atoms with Gasteiger partial charge in [0.05, 0.1) is 5.56 Å². The van der Waals surface area contributed by atoms with Gasteiger partial charge in [0.15, 0.2) is 0 Å². The van der Waals surface area contributed by atoms with Crippen LogP contribution in [0.5, 0.6) is 0 Å². The van der Waals surface area contributed by atoms with Crippen LogP contribution >= 0.6 is 0 Å². The third-order valence-electron chi connectivity index (χ3n) is 7.41. The molecule has 0 fully saturated rings. The number of hydrogen-bond donors (Lipinski definition) is 0. The van der Waals surface area contributed by atoms with Crippen molar-refractivity contribution in [1.82, 2.24) is 4.98 Å². The first-order valence-electron chi connectivity index (χ1n) is 13.7. The van der Waals surface area contributed by atoms with Gasteiger partial charge in [-0.2, -0.15) is 0 Å². The van der Waals surface area contributed by atoms with Crippen LogP contribution in [0.15, 0.2) is 116 Å². The number of anilines is 3. The lowest BCUT2D eigenvalue weighted by molar-refractivity contribution is 0.537. The molecule has 0 atom stereocenters. The molecule has 1 heterocycles. The van der Waals surface area contributed by atoms with E-state index in [1.807, 2.05) is 29.2 Å². The van der Waals surface area contributed by atoms with Crippen molar-refractivity contribution in [3.8, 4) is 11.1 Å². The Balaban J connectivity index is 1.45. The molecule has 0 spiro atoms. The molecule has 4 aromatic carbocycles. The van der Waals surface area contributed by atoms with Gasteiger partial charge in [0.1, 0.15) is 17.5 Å². The van der Waals surface area contributed by atoms with E-state index < -0.39 is 17.5 Å². The van der Waals surface area contributed by atoms with Crippen LogP contribution in [0.3, 0.4) is 0 Å². The van der Waals surface area contributed by atoms with Crippen LogP contribution in [0.1, 0.15) is 36.1 Å². The number of aryl methyl sites for hydroxylation is 1. The number of benzene rings is 4. The van der Waals surface area contributed by atoms with E-state index in [-0.39, 0.29) is 11.1 Å². The SMILES string of the molecule is C/C(=C\C=C(/C)c1ccc(N(c2ccncc2)c2ccc(-c3c(F)cc(F)c(C)c3F)cc2)cc1)c1ccc(C)cc1. The number of allylic oxidation sites excluding steroid dienone is 4. The third-order valence-corrected chi connectivity index (χ3v) is 7.41. The van der Waals surface area contributed by atoms with Crippen molar-refractivity contribution in [2.75, 3.05) is 4.90 Å². The average molecular weight is 561 g/mol. The van der Waals surface area contributed by atoms with Crippen molar-refractivity contribution in [3.05, 3.63) is 155 Å². The van der Waals surface area contributed by atoms with Crippen LogP contribution < -0.4 is 4.90 Å². The largest absolute Gasteiger partial charge is 0.310 e. The van der Waals surface area contributed by atoms with Crippen LogP contribution in [0, 0.1) is 31.3 Å². The van der Waals surface area contributed by atoms with Gasteiger partial charge in [-0.05, 0) is 91.9 Å². The summed E-state index contributed by atoms with van der Waals surface area (Å²) in [6, 6.07) is 28.1. The molecule has 210 valence electrons. The van der Waals surface area contributed by atoms with E-state index in [9.17, 15) is 13.2 Å². The molecule has 2 nitrogen and oxygen atoms in total. The Kier molecular flexibility index (Phi) is 8.39. The fourth-order valence-electron chi connectivity index (χ4n) is 4.80. The molecule has 0 saturated carbocycles. The number of hydrogen-bond acceptors (Lipinski definition) is 2. The zero-order chi connectivity index (χ0) is 29.8. The van der Waals surface area contributed by atoms with Gasteiger partial charge in [0.25, 0.3) is 0 Å². The first-order valence-corrected chi connectivity index (χ1v) is 13.7. The van der Waals surface area contributed by atoms with Crippen molar-refractivity contribution in [3.63, 3.8) is 0 Å². The minimum Gasteiger partial charge on any atom is -0.310 e. The quantitative estimate of drug-likeness (QED) is 0.184. The highest BCUT2D eigenvalue weighted by molar-refractivity contribution is 5.80. The fourth-order valence-corrected chi connectivity index (χ4v) is 4.80. The number of halogens is 3. The molecule has 5 aromatic rings. The highest BCUT2D eigenvalue weighted by Gasteiger charge is 2.19. The monoisotopic (exact) mass is 560 g/mol. The lowest BCUT2D eigenvalue weighted by atomic mass is 10.0. The Morgan fingerprint density at radius 2 is 1.10 bits per heavy atom. The van der Waals surface area contributed by atoms with Crippen molar-refractivity contribution in [1.29, 1.82) is 0 Å². The van der Waals surface area contributed by atoms with Gasteiger partial charge < -0.3 is 4.90 Å². The Labute approximate surface area is 245 Å². The minimum atomic E-state index is -0.933. The molecular formula is C37H31F3N2. The van der Waals surface area contributed by atoms with Crippen molar-refractivity contribution < 1.29 is 13.2 Å². The second-order valence-electron chi connectivity index (χ2n) is 10.4. The smallest absolute Gasteiger partial charge is 0.139 e. The fraction of sp³-hybridized carbons (Fsp3) is 0.108. The van der Waals surface area contributed by atoms with Gasteiger partial charge in [-0.15, -0.1) is 0 Å². The minimum absolute atomic E-state index is 0.209. The molecule has 0 radical (unpaired) electrons. The average Bonchev–Trinajstić information content (AvgIpc) is 3.01. The molecular weight excluding hydrogens is 529 g/mol. The van der Waals surface area contributed by atoms with Gasteiger partial charge in [-0.25, -0.2) is 13.2 Å². The molecule has 0 amide bonds. The summed E-state index contributed by atoms with van der Waals surface area (Å²) in [5.74, 6) is -2.73. The Hall–Kier alpha value is -4.90. The molecule has 0 saturated heterocycles. The number of rotatable bonds is 7. The van der Waals surface area contributed by atoms with Crippen molar-refractivity contribution in [2.45, 2.75) is 27.7 Å². The second kappa shape index (κ2) is 12.3. The van der Waals surface area contributed by atoms with Crippen LogP contribution in [-0.2, 0) is 0 Å². The number of nitrogens with zero attached hydrogens (tertiary/aromatic N) is 2. The normalized spacial score (nSPS) is 12.0. The lowest BCUT2D eigenvalue weighted by Crippen LogP contribution is -2.10. The topological polar surface area (TPSA) is 16.1 Å². The van der Waals surface area contributed by atoms with Crippen molar-refractivity contribution >= 4 is 28.2 Å². The molecule has 5 heteroatoms. The summed E-state index contributed by atoms with van der Waals surface area (Å²) < 4.78 is 43.2. The molecule has 1 aromatic heterocycles. The summed E-state index contributed by atoms with van der Waals surface area (Å²) in [6.45, 7) is 7.58. The van der Waals surface area contributed by atoms with Crippen LogP contribution in [0.2, 0.25) is 0 Å². The predicted octanol–water partition coefficient (Wildman–Crippen LogP) is 10.8. The summed E-state index contributed by atoms with van der Waals surface area (Å²) >= 11 is 0. The molecule has 0 aliphatic heterocycles. The third kappa shape index (κ3) is 6.06. The highest BCUT2D eigenvalue weighted by Crippen LogP contribution is 2.37. The molecule has 0 N–H and O–H groups in total. The van der Waals surface area contributed by atoms with Gasteiger partial charge in [-0.3, -0.25) is 4.98 Å². The first-order chi connectivity index (χ1) is 20.2. The molecule has 0 unspecified atom stereocenters. The standard InChI is InChI=1S/C37H31F3N2/c1-24-5-9-28(10-6-24)25(2)7-8-26(3)29-11-15-31(16-12-29)42(33-19-21-41-22-20-33)32-17-13-30(14-18-32)36-35(39)23-34(38)27(4)37(36)40/h5-23H,1-4H3/b25-7+,26-8+. The predicted molar refractivity (Wildman–Crippen MR) is 167 cm³/mol. The van der Waals surface area contributed by atoms with Gasteiger partial charge in [0.2, 0.25) is 0 Å². The van der Waals surface area contributed by atoms with Crippen LogP contribution in [0.25, 0.3) is 22.3 Å². The van der Waals surface area contributed by atoms with E-state index in [0.29, 0.717) is 5.56 Å². The van der Waals surface area contributed by atoms with E-state index >= 15 is 0 Å². The van der Waals surface area contributed by atoms with Crippen molar-refractivity contribution in [2.24, 2.45) is 0 Å². The molecule has 0 aliphatic rings. The van der Waals surface area contributed by atoms with E-state index in [4.69, 9.17) is 0 Å². The van der Waals surface area contributed by atoms with Gasteiger partial charge in [-0.1, -0.05) is 66.2 Å². The maximum atomic E-state index is 14.8. The summed E-state index contributed by atoms with van der Waals surface area (Å²) in [6.07, 6.45) is 7.69. The first kappa shape index (κ1) is 28.6. The van der Waals surface area contributed by atoms with E-state index in [1.54, 1.807) is 36.7 Å². The molecule has 42 heavy (non-hydrogen) atoms. The molecule has 0 bridgehead atoms. The van der Waals surface area contributed by atoms with Gasteiger partial charge in [0, 0.05) is 41.1 Å². The van der Waals surface area contributed by atoms with Crippen LogP contribution in [0.4, 0.5) is 30.2 Å². The van der Waals surface area contributed by atoms with E-state index in [2.05, 4.69) is 74.3 Å². The molecule has 5 rings (SSSR count). The van der Waals surface area contributed by atoms with E-state index in [1.165, 1.54) is 23.6 Å². The Morgan fingerprint density at radius 1 is 0.619 bits per heavy atom. The molecule has 0 aliphatic carbocycles. The second-order valence-corrected chi connectivity index (χ2v) is 10.4. The maximum absolute atomic E-state index is 14.8. The lowest BCUT2D eigenvalue weighted by Gasteiger charge is -2.25.